The van der Waals surface area contributed by atoms with Crippen LogP contribution in [0.3, 0.4) is 0 Å². The number of rotatable bonds is 5. The first-order valence-electron chi connectivity index (χ1n) is 8.02. The molecule has 0 saturated carbocycles. The molecular formula is C15H31N3O. The van der Waals surface area contributed by atoms with Crippen molar-refractivity contribution < 1.29 is 5.11 Å². The molecule has 0 aromatic carbocycles. The van der Waals surface area contributed by atoms with Crippen molar-refractivity contribution in [2.24, 2.45) is 0 Å². The lowest BCUT2D eigenvalue weighted by molar-refractivity contribution is 0.0544. The Hall–Kier alpha value is -0.160. The molecule has 0 spiro atoms. The van der Waals surface area contributed by atoms with E-state index in [2.05, 4.69) is 28.7 Å². The summed E-state index contributed by atoms with van der Waals surface area (Å²) in [6.45, 7) is 9.99. The summed E-state index contributed by atoms with van der Waals surface area (Å²) in [5.74, 6) is 0. The summed E-state index contributed by atoms with van der Waals surface area (Å²) in [6.07, 6.45) is 4.86. The van der Waals surface area contributed by atoms with Crippen LogP contribution in [0.15, 0.2) is 0 Å². The summed E-state index contributed by atoms with van der Waals surface area (Å²) >= 11 is 0. The van der Waals surface area contributed by atoms with Crippen LogP contribution in [0.2, 0.25) is 0 Å². The van der Waals surface area contributed by atoms with E-state index in [4.69, 9.17) is 0 Å². The monoisotopic (exact) mass is 269 g/mol. The van der Waals surface area contributed by atoms with Gasteiger partial charge in [0.05, 0.1) is 6.10 Å². The van der Waals surface area contributed by atoms with Gasteiger partial charge in [-0.25, -0.2) is 0 Å². The highest BCUT2D eigenvalue weighted by molar-refractivity contribution is 4.81. The molecule has 4 heteroatoms. The molecule has 0 amide bonds. The van der Waals surface area contributed by atoms with Crippen LogP contribution in [0, 0.1) is 0 Å². The van der Waals surface area contributed by atoms with E-state index < -0.39 is 0 Å². The molecule has 2 heterocycles. The van der Waals surface area contributed by atoms with Crippen molar-refractivity contribution in [3.8, 4) is 0 Å². The molecule has 2 fully saturated rings. The molecule has 2 aliphatic heterocycles. The predicted octanol–water partition coefficient (Wildman–Crippen LogP) is 0.859. The molecule has 112 valence electrons. The molecule has 0 radical (unpaired) electrons. The average Bonchev–Trinajstić information content (AvgIpc) is 2.43. The zero-order valence-corrected chi connectivity index (χ0v) is 12.7. The van der Waals surface area contributed by atoms with Crippen LogP contribution < -0.4 is 0 Å². The van der Waals surface area contributed by atoms with E-state index in [0.717, 1.165) is 32.1 Å². The van der Waals surface area contributed by atoms with Crippen LogP contribution in [0.25, 0.3) is 0 Å². The van der Waals surface area contributed by atoms with Gasteiger partial charge in [0.2, 0.25) is 0 Å². The number of aliphatic hydroxyl groups excluding tert-OH is 1. The smallest absolute Gasteiger partial charge is 0.0664 e. The summed E-state index contributed by atoms with van der Waals surface area (Å²) in [6, 6.07) is 0.765. The molecule has 0 unspecified atom stereocenters. The minimum absolute atomic E-state index is 0.143. The van der Waals surface area contributed by atoms with Gasteiger partial charge < -0.3 is 10.0 Å². The molecule has 2 rings (SSSR count). The molecule has 0 bridgehead atoms. The number of nitrogens with zero attached hydrogens (tertiary/aromatic N) is 3. The number of hydrogen-bond acceptors (Lipinski definition) is 4. The van der Waals surface area contributed by atoms with Gasteiger partial charge in [-0.05, 0) is 32.9 Å². The maximum absolute atomic E-state index is 9.71. The number of piperazine rings is 1. The Balaban J connectivity index is 1.68. The van der Waals surface area contributed by atoms with Crippen molar-refractivity contribution >= 4 is 0 Å². The van der Waals surface area contributed by atoms with Crippen LogP contribution >= 0.6 is 0 Å². The van der Waals surface area contributed by atoms with Crippen molar-refractivity contribution in [3.63, 3.8) is 0 Å². The first-order chi connectivity index (χ1) is 9.19. The second-order valence-electron chi connectivity index (χ2n) is 6.29. The topological polar surface area (TPSA) is 30.0 Å². The Bertz CT molecular complexity index is 254. The Labute approximate surface area is 118 Å². The third-order valence-electron chi connectivity index (χ3n) is 4.80. The van der Waals surface area contributed by atoms with Gasteiger partial charge in [-0.3, -0.25) is 9.80 Å². The van der Waals surface area contributed by atoms with Crippen LogP contribution in [-0.2, 0) is 0 Å². The molecule has 4 nitrogen and oxygen atoms in total. The maximum atomic E-state index is 9.71. The first-order valence-corrected chi connectivity index (χ1v) is 8.02. The van der Waals surface area contributed by atoms with Crippen LogP contribution in [-0.4, -0.2) is 84.8 Å². The summed E-state index contributed by atoms with van der Waals surface area (Å²) in [5, 5.41) is 9.71. The zero-order chi connectivity index (χ0) is 13.7. The van der Waals surface area contributed by atoms with E-state index in [1.807, 2.05) is 0 Å². The molecule has 2 aliphatic rings. The van der Waals surface area contributed by atoms with Gasteiger partial charge >= 0.3 is 0 Å². The molecular weight excluding hydrogens is 238 g/mol. The van der Waals surface area contributed by atoms with E-state index in [1.165, 1.54) is 45.4 Å². The minimum atomic E-state index is -0.143. The number of likely N-dealkylation sites (tertiary alicyclic amines) is 1. The highest BCUT2D eigenvalue weighted by atomic mass is 16.3. The summed E-state index contributed by atoms with van der Waals surface area (Å²) in [7, 11) is 2.28. The fraction of sp³-hybridized carbons (Fsp3) is 1.00. The zero-order valence-electron chi connectivity index (χ0n) is 12.7. The Morgan fingerprint density at radius 3 is 2.37 bits per heavy atom. The third kappa shape index (κ3) is 4.71. The van der Waals surface area contributed by atoms with E-state index in [0.29, 0.717) is 0 Å². The normalized spacial score (nSPS) is 29.5. The molecule has 0 aromatic heterocycles. The largest absolute Gasteiger partial charge is 0.392 e. The van der Waals surface area contributed by atoms with E-state index in [-0.39, 0.29) is 6.10 Å². The number of β-amino-alcohol motifs (C(OH)–C–C–N with tert-alkyl or cyclic N) is 1. The number of piperidine rings is 1. The predicted molar refractivity (Wildman–Crippen MR) is 79.4 cm³/mol. The second-order valence-corrected chi connectivity index (χ2v) is 6.29. The van der Waals surface area contributed by atoms with Crippen molar-refractivity contribution in [1.29, 1.82) is 0 Å². The second kappa shape index (κ2) is 7.58. The van der Waals surface area contributed by atoms with Crippen molar-refractivity contribution in [2.45, 2.75) is 44.8 Å². The van der Waals surface area contributed by atoms with Crippen molar-refractivity contribution in [3.05, 3.63) is 0 Å². The Kier molecular flexibility index (Phi) is 6.07. The lowest BCUT2D eigenvalue weighted by atomic mass is 10.0. The summed E-state index contributed by atoms with van der Waals surface area (Å²) in [5.41, 5.74) is 0. The van der Waals surface area contributed by atoms with Gasteiger partial charge in [0.25, 0.3) is 0 Å². The number of aliphatic hydroxyl groups is 1. The summed E-state index contributed by atoms with van der Waals surface area (Å²) < 4.78 is 0. The third-order valence-corrected chi connectivity index (χ3v) is 4.80. The number of hydrogen-bond donors (Lipinski definition) is 1. The molecule has 2 atom stereocenters. The van der Waals surface area contributed by atoms with Crippen molar-refractivity contribution in [2.75, 3.05) is 52.9 Å². The van der Waals surface area contributed by atoms with E-state index in [1.54, 1.807) is 0 Å². The fourth-order valence-corrected chi connectivity index (χ4v) is 3.25. The fourth-order valence-electron chi connectivity index (χ4n) is 3.25. The molecule has 19 heavy (non-hydrogen) atoms. The van der Waals surface area contributed by atoms with Gasteiger partial charge in [0.1, 0.15) is 0 Å². The maximum Gasteiger partial charge on any atom is 0.0664 e. The first kappa shape index (κ1) is 15.2. The van der Waals surface area contributed by atoms with E-state index in [9.17, 15) is 5.11 Å². The van der Waals surface area contributed by atoms with E-state index >= 15 is 0 Å². The molecule has 0 aliphatic carbocycles. The molecule has 1 N–H and O–H groups in total. The van der Waals surface area contributed by atoms with Gasteiger partial charge in [-0.1, -0.05) is 13.3 Å². The van der Waals surface area contributed by atoms with Gasteiger partial charge in [-0.2, -0.15) is 0 Å². The quantitative estimate of drug-likeness (QED) is 0.802. The van der Waals surface area contributed by atoms with Gasteiger partial charge in [-0.15, -0.1) is 0 Å². The molecule has 2 saturated heterocycles. The van der Waals surface area contributed by atoms with Gasteiger partial charge in [0.15, 0.2) is 0 Å². The summed E-state index contributed by atoms with van der Waals surface area (Å²) in [4.78, 5) is 7.56. The van der Waals surface area contributed by atoms with Crippen LogP contribution in [0.5, 0.6) is 0 Å². The number of likely N-dealkylation sites (N-methyl/N-ethyl adjacent to an activating group) is 1. The Morgan fingerprint density at radius 1 is 1.05 bits per heavy atom. The Morgan fingerprint density at radius 2 is 1.74 bits per heavy atom. The van der Waals surface area contributed by atoms with Crippen molar-refractivity contribution in [1.82, 2.24) is 14.7 Å². The lowest BCUT2D eigenvalue weighted by Gasteiger charge is -2.40. The van der Waals surface area contributed by atoms with Crippen LogP contribution in [0.4, 0.5) is 0 Å². The van der Waals surface area contributed by atoms with Gasteiger partial charge in [0, 0.05) is 45.3 Å². The molecule has 0 aromatic rings. The standard InChI is InChI=1S/C15H31N3O/c1-3-15(19)13-18-10-8-17(9-11-18)12-14-6-4-5-7-16(14)2/h14-15,19H,3-13H2,1-2H3/t14-,15-/m0/s1. The highest BCUT2D eigenvalue weighted by Gasteiger charge is 2.24. The minimum Gasteiger partial charge on any atom is -0.392 e. The highest BCUT2D eigenvalue weighted by Crippen LogP contribution is 2.16. The average molecular weight is 269 g/mol. The van der Waals surface area contributed by atoms with Crippen LogP contribution in [0.1, 0.15) is 32.6 Å². The lowest BCUT2D eigenvalue weighted by Crippen LogP contribution is -2.52. The SMILES string of the molecule is CC[C@H](O)CN1CCN(C[C@@H]2CCCCN2C)CC1.